The van der Waals surface area contributed by atoms with Gasteiger partial charge in [0.1, 0.15) is 5.82 Å². The highest BCUT2D eigenvalue weighted by Gasteiger charge is 2.26. The predicted molar refractivity (Wildman–Crippen MR) is 104 cm³/mol. The molecule has 0 aliphatic carbocycles. The summed E-state index contributed by atoms with van der Waals surface area (Å²) < 4.78 is 5.57. The molecule has 2 aromatic rings. The Labute approximate surface area is 161 Å². The van der Waals surface area contributed by atoms with E-state index in [1.54, 1.807) is 0 Å². The van der Waals surface area contributed by atoms with Gasteiger partial charge in [0.15, 0.2) is 0 Å². The van der Waals surface area contributed by atoms with E-state index >= 15 is 0 Å². The average Bonchev–Trinajstić information content (AvgIpc) is 2.72. The van der Waals surface area contributed by atoms with E-state index in [1.165, 1.54) is 0 Å². The van der Waals surface area contributed by atoms with E-state index < -0.39 is 0 Å². The molecule has 0 bridgehead atoms. The number of nitrogens with zero attached hydrogens (tertiary/aromatic N) is 3. The summed E-state index contributed by atoms with van der Waals surface area (Å²) in [5.74, 6) is 1.13. The van der Waals surface area contributed by atoms with Crippen LogP contribution >= 0.6 is 0 Å². The molecule has 6 nitrogen and oxygen atoms in total. The first-order chi connectivity index (χ1) is 13.2. The Kier molecular flexibility index (Phi) is 6.76. The number of likely N-dealkylation sites (tertiary alicyclic amines) is 1. The molecule has 144 valence electrons. The first kappa shape index (κ1) is 19.3. The van der Waals surface area contributed by atoms with Crippen LogP contribution in [-0.2, 0) is 17.9 Å². The third kappa shape index (κ3) is 5.26. The van der Waals surface area contributed by atoms with Crippen LogP contribution in [0.5, 0.6) is 0 Å². The van der Waals surface area contributed by atoms with Gasteiger partial charge in [-0.1, -0.05) is 30.3 Å². The number of hydrogen-bond donors (Lipinski definition) is 1. The molecular formula is C21H28N4O2. The summed E-state index contributed by atoms with van der Waals surface area (Å²) in [5, 5.41) is 3.01. The van der Waals surface area contributed by atoms with Crippen LogP contribution in [0.25, 0.3) is 0 Å². The van der Waals surface area contributed by atoms with Gasteiger partial charge >= 0.3 is 6.03 Å². The number of amides is 2. The van der Waals surface area contributed by atoms with Crippen LogP contribution < -0.4 is 5.32 Å². The minimum atomic E-state index is 0.00529. The molecule has 2 amide bonds. The summed E-state index contributed by atoms with van der Waals surface area (Å²) >= 11 is 0. The van der Waals surface area contributed by atoms with E-state index in [2.05, 4.69) is 15.3 Å². The molecule has 6 heteroatoms. The number of aryl methyl sites for hydroxylation is 1. The number of urea groups is 1. The molecule has 0 atom stereocenters. The topological polar surface area (TPSA) is 67.4 Å². The van der Waals surface area contributed by atoms with Crippen LogP contribution in [0.4, 0.5) is 4.79 Å². The molecule has 1 N–H and O–H groups in total. The Morgan fingerprint density at radius 2 is 2.00 bits per heavy atom. The second-order valence-corrected chi connectivity index (χ2v) is 6.87. The van der Waals surface area contributed by atoms with Gasteiger partial charge in [-0.15, -0.1) is 0 Å². The number of rotatable bonds is 6. The third-order valence-corrected chi connectivity index (χ3v) is 4.94. The third-order valence-electron chi connectivity index (χ3n) is 4.94. The van der Waals surface area contributed by atoms with Gasteiger partial charge in [-0.05, 0) is 32.3 Å². The standard InChI is InChI=1S/C21H28N4O2/c1-3-27-15-19-14-22-16(2)24-20(19)18-9-11-25(12-10-18)21(26)23-13-17-7-5-4-6-8-17/h4-8,14,18H,3,9-13,15H2,1-2H3,(H,23,26). The molecule has 1 aromatic carbocycles. The molecule has 27 heavy (non-hydrogen) atoms. The maximum atomic E-state index is 12.4. The highest BCUT2D eigenvalue weighted by Crippen LogP contribution is 2.29. The summed E-state index contributed by atoms with van der Waals surface area (Å²) in [5.41, 5.74) is 3.26. The zero-order valence-electron chi connectivity index (χ0n) is 16.1. The number of carbonyl (C=O) groups is 1. The summed E-state index contributed by atoms with van der Waals surface area (Å²) in [4.78, 5) is 23.3. The van der Waals surface area contributed by atoms with Gasteiger partial charge in [-0.25, -0.2) is 14.8 Å². The van der Waals surface area contributed by atoms with Crippen molar-refractivity contribution in [3.05, 3.63) is 59.2 Å². The van der Waals surface area contributed by atoms with Gasteiger partial charge in [-0.2, -0.15) is 0 Å². The number of benzene rings is 1. The van der Waals surface area contributed by atoms with Gasteiger partial charge in [-0.3, -0.25) is 0 Å². The second kappa shape index (κ2) is 9.46. The lowest BCUT2D eigenvalue weighted by atomic mass is 9.91. The van der Waals surface area contributed by atoms with Crippen molar-refractivity contribution in [1.82, 2.24) is 20.2 Å². The molecule has 1 fully saturated rings. The summed E-state index contributed by atoms with van der Waals surface area (Å²) in [6.07, 6.45) is 3.70. The maximum absolute atomic E-state index is 12.4. The fourth-order valence-corrected chi connectivity index (χ4v) is 3.43. The first-order valence-electron chi connectivity index (χ1n) is 9.64. The monoisotopic (exact) mass is 368 g/mol. The molecule has 1 aliphatic rings. The molecule has 3 rings (SSSR count). The average molecular weight is 368 g/mol. The Balaban J connectivity index is 1.55. The normalized spacial score (nSPS) is 15.0. The lowest BCUT2D eigenvalue weighted by Crippen LogP contribution is -2.44. The quantitative estimate of drug-likeness (QED) is 0.848. The zero-order chi connectivity index (χ0) is 19.1. The Bertz CT molecular complexity index is 743. The molecule has 1 aromatic heterocycles. The zero-order valence-corrected chi connectivity index (χ0v) is 16.1. The molecule has 0 radical (unpaired) electrons. The van der Waals surface area contributed by atoms with Gasteiger partial charge in [0, 0.05) is 43.9 Å². The van der Waals surface area contributed by atoms with Crippen molar-refractivity contribution < 1.29 is 9.53 Å². The van der Waals surface area contributed by atoms with Crippen LogP contribution in [0.3, 0.4) is 0 Å². The van der Waals surface area contributed by atoms with Crippen molar-refractivity contribution in [2.24, 2.45) is 0 Å². The summed E-state index contributed by atoms with van der Waals surface area (Å²) in [6, 6.07) is 9.98. The van der Waals surface area contributed by atoms with Crippen LogP contribution in [0, 0.1) is 6.92 Å². The van der Waals surface area contributed by atoms with Crippen molar-refractivity contribution >= 4 is 6.03 Å². The van der Waals surface area contributed by atoms with Crippen molar-refractivity contribution in [1.29, 1.82) is 0 Å². The van der Waals surface area contributed by atoms with Crippen LogP contribution in [0.2, 0.25) is 0 Å². The number of hydrogen-bond acceptors (Lipinski definition) is 4. The molecule has 0 unspecified atom stereocenters. The number of nitrogens with one attached hydrogen (secondary N) is 1. The second-order valence-electron chi connectivity index (χ2n) is 6.87. The maximum Gasteiger partial charge on any atom is 0.317 e. The van der Waals surface area contributed by atoms with E-state index in [4.69, 9.17) is 4.74 Å². The number of ether oxygens (including phenoxy) is 1. The Hall–Kier alpha value is -2.47. The first-order valence-corrected chi connectivity index (χ1v) is 9.64. The highest BCUT2D eigenvalue weighted by molar-refractivity contribution is 5.74. The summed E-state index contributed by atoms with van der Waals surface area (Å²) in [7, 11) is 0. The van der Waals surface area contributed by atoms with Crippen molar-refractivity contribution in [2.45, 2.75) is 45.8 Å². The van der Waals surface area contributed by atoms with Crippen molar-refractivity contribution in [3.63, 3.8) is 0 Å². The molecule has 0 saturated carbocycles. The SMILES string of the molecule is CCOCc1cnc(C)nc1C1CCN(C(=O)NCc2ccccc2)CC1. The predicted octanol–water partition coefficient (Wildman–Crippen LogP) is 3.41. The van der Waals surface area contributed by atoms with Crippen LogP contribution in [0.1, 0.15) is 48.3 Å². The minimum Gasteiger partial charge on any atom is -0.377 e. The largest absolute Gasteiger partial charge is 0.377 e. The van der Waals surface area contributed by atoms with E-state index in [9.17, 15) is 4.79 Å². The molecule has 1 saturated heterocycles. The van der Waals surface area contributed by atoms with Gasteiger partial charge in [0.25, 0.3) is 0 Å². The summed E-state index contributed by atoms with van der Waals surface area (Å²) in [6.45, 7) is 7.16. The van der Waals surface area contributed by atoms with Crippen LogP contribution in [0.15, 0.2) is 36.5 Å². The highest BCUT2D eigenvalue weighted by atomic mass is 16.5. The lowest BCUT2D eigenvalue weighted by molar-refractivity contribution is 0.131. The fourth-order valence-electron chi connectivity index (χ4n) is 3.43. The molecule has 2 heterocycles. The molecule has 1 aliphatic heterocycles. The van der Waals surface area contributed by atoms with Crippen LogP contribution in [-0.4, -0.2) is 40.6 Å². The molecule has 0 spiro atoms. The Morgan fingerprint density at radius 1 is 1.26 bits per heavy atom. The minimum absolute atomic E-state index is 0.00529. The van der Waals surface area contributed by atoms with Crippen molar-refractivity contribution in [2.75, 3.05) is 19.7 Å². The van der Waals surface area contributed by atoms with E-state index in [-0.39, 0.29) is 6.03 Å². The fraction of sp³-hybridized carbons (Fsp3) is 0.476. The Morgan fingerprint density at radius 3 is 2.70 bits per heavy atom. The van der Waals surface area contributed by atoms with E-state index in [0.717, 1.165) is 48.6 Å². The number of aromatic nitrogens is 2. The number of piperidine rings is 1. The van der Waals surface area contributed by atoms with Crippen molar-refractivity contribution in [3.8, 4) is 0 Å². The lowest BCUT2D eigenvalue weighted by Gasteiger charge is -2.32. The number of carbonyl (C=O) groups excluding carboxylic acids is 1. The van der Waals surface area contributed by atoms with E-state index in [1.807, 2.05) is 55.3 Å². The van der Waals surface area contributed by atoms with Gasteiger partial charge in [0.05, 0.1) is 12.3 Å². The van der Waals surface area contributed by atoms with Gasteiger partial charge < -0.3 is 15.0 Å². The molecular weight excluding hydrogens is 340 g/mol. The van der Waals surface area contributed by atoms with Gasteiger partial charge in [0.2, 0.25) is 0 Å². The van der Waals surface area contributed by atoms with E-state index in [0.29, 0.717) is 25.7 Å². The smallest absolute Gasteiger partial charge is 0.317 e.